The molecule has 0 aliphatic carbocycles. The van der Waals surface area contributed by atoms with Crippen LogP contribution in [-0.4, -0.2) is 59.9 Å². The van der Waals surface area contributed by atoms with Crippen LogP contribution in [-0.2, 0) is 0 Å². The molecule has 160 valence electrons. The number of fused-ring (bicyclic) bond motifs is 1. The van der Waals surface area contributed by atoms with Gasteiger partial charge < -0.3 is 19.5 Å². The van der Waals surface area contributed by atoms with Crippen LogP contribution in [0.3, 0.4) is 0 Å². The molecule has 2 amide bonds. The second kappa shape index (κ2) is 8.22. The highest BCUT2D eigenvalue weighted by Crippen LogP contribution is 2.25. The number of nitrogens with zero attached hydrogens (tertiary/aromatic N) is 2. The molecule has 1 aromatic heterocycles. The van der Waals surface area contributed by atoms with Crippen LogP contribution >= 0.6 is 0 Å². The first kappa shape index (κ1) is 20.6. The lowest BCUT2D eigenvalue weighted by Gasteiger charge is -2.34. The number of amides is 2. The summed E-state index contributed by atoms with van der Waals surface area (Å²) in [4.78, 5) is 44.4. The molecule has 1 N–H and O–H groups in total. The fourth-order valence-corrected chi connectivity index (χ4v) is 3.88. The SMILES string of the molecule is COc1ccc(C)c2c(=O)cc(C(=O)N3CCN(C(=O)c4ccccc4F)CC3)[nH]c12. The largest absolute Gasteiger partial charge is 0.495 e. The predicted octanol–water partition coefficient (Wildman–Crippen LogP) is 2.58. The Labute approximate surface area is 178 Å². The van der Waals surface area contributed by atoms with E-state index in [0.29, 0.717) is 16.7 Å². The quantitative estimate of drug-likeness (QED) is 0.702. The Morgan fingerprint density at radius 1 is 1.00 bits per heavy atom. The van der Waals surface area contributed by atoms with Crippen molar-refractivity contribution in [3.63, 3.8) is 0 Å². The van der Waals surface area contributed by atoms with Crippen LogP contribution in [0.2, 0.25) is 0 Å². The third-order valence-corrected chi connectivity index (χ3v) is 5.57. The number of H-pyrrole nitrogens is 1. The van der Waals surface area contributed by atoms with Gasteiger partial charge in [0, 0.05) is 32.2 Å². The van der Waals surface area contributed by atoms with Crippen molar-refractivity contribution in [3.8, 4) is 5.75 Å². The van der Waals surface area contributed by atoms with Crippen molar-refractivity contribution in [2.24, 2.45) is 0 Å². The van der Waals surface area contributed by atoms with Gasteiger partial charge in [0.25, 0.3) is 11.8 Å². The minimum Gasteiger partial charge on any atom is -0.495 e. The van der Waals surface area contributed by atoms with E-state index >= 15 is 0 Å². The molecule has 4 rings (SSSR count). The zero-order chi connectivity index (χ0) is 22.1. The lowest BCUT2D eigenvalue weighted by Crippen LogP contribution is -2.51. The van der Waals surface area contributed by atoms with E-state index < -0.39 is 11.7 Å². The Hall–Kier alpha value is -3.68. The van der Waals surface area contributed by atoms with E-state index in [1.54, 1.807) is 23.1 Å². The first-order chi connectivity index (χ1) is 14.9. The summed E-state index contributed by atoms with van der Waals surface area (Å²) in [5, 5.41) is 0.483. The highest BCUT2D eigenvalue weighted by molar-refractivity contribution is 5.97. The van der Waals surface area contributed by atoms with Gasteiger partial charge in [-0.2, -0.15) is 0 Å². The lowest BCUT2D eigenvalue weighted by atomic mass is 10.1. The maximum atomic E-state index is 13.9. The Balaban J connectivity index is 1.54. The van der Waals surface area contributed by atoms with E-state index in [-0.39, 0.29) is 48.8 Å². The molecule has 1 fully saturated rings. The second-order valence-electron chi connectivity index (χ2n) is 7.45. The van der Waals surface area contributed by atoms with Crippen molar-refractivity contribution in [2.75, 3.05) is 33.3 Å². The van der Waals surface area contributed by atoms with Crippen molar-refractivity contribution in [1.82, 2.24) is 14.8 Å². The number of methoxy groups -OCH3 is 1. The molecule has 2 heterocycles. The number of halogens is 1. The van der Waals surface area contributed by atoms with E-state index in [4.69, 9.17) is 4.74 Å². The molecule has 0 radical (unpaired) electrons. The van der Waals surface area contributed by atoms with Crippen LogP contribution in [0.4, 0.5) is 4.39 Å². The summed E-state index contributed by atoms with van der Waals surface area (Å²) < 4.78 is 19.3. The smallest absolute Gasteiger partial charge is 0.270 e. The number of nitrogens with one attached hydrogen (secondary N) is 1. The van der Waals surface area contributed by atoms with Gasteiger partial charge in [-0.3, -0.25) is 14.4 Å². The Morgan fingerprint density at radius 2 is 1.65 bits per heavy atom. The fraction of sp³-hybridized carbons (Fsp3) is 0.261. The van der Waals surface area contributed by atoms with Crippen molar-refractivity contribution < 1.29 is 18.7 Å². The van der Waals surface area contributed by atoms with Crippen LogP contribution in [0.5, 0.6) is 5.75 Å². The molecule has 0 bridgehead atoms. The molecule has 1 aliphatic heterocycles. The monoisotopic (exact) mass is 423 g/mol. The van der Waals surface area contributed by atoms with Crippen molar-refractivity contribution >= 4 is 22.7 Å². The van der Waals surface area contributed by atoms with E-state index in [1.807, 2.05) is 6.92 Å². The summed E-state index contributed by atoms with van der Waals surface area (Å²) in [5.74, 6) is -0.818. The number of benzene rings is 2. The molecule has 2 aromatic carbocycles. The molecular formula is C23H22FN3O4. The Kier molecular flexibility index (Phi) is 5.46. The Bertz CT molecular complexity index is 1230. The number of ether oxygens (including phenoxy) is 1. The summed E-state index contributed by atoms with van der Waals surface area (Å²) in [5.41, 5.74) is 1.18. The molecule has 0 spiro atoms. The van der Waals surface area contributed by atoms with Crippen LogP contribution in [0, 0.1) is 12.7 Å². The first-order valence-corrected chi connectivity index (χ1v) is 9.94. The minimum atomic E-state index is -0.566. The maximum Gasteiger partial charge on any atom is 0.270 e. The highest BCUT2D eigenvalue weighted by Gasteiger charge is 2.27. The topological polar surface area (TPSA) is 82.7 Å². The molecule has 7 nitrogen and oxygen atoms in total. The number of carbonyl (C=O) groups excluding carboxylic acids is 2. The number of hydrogen-bond acceptors (Lipinski definition) is 4. The van der Waals surface area contributed by atoms with Gasteiger partial charge in [0.05, 0.1) is 23.6 Å². The molecule has 31 heavy (non-hydrogen) atoms. The zero-order valence-electron chi connectivity index (χ0n) is 17.3. The average molecular weight is 423 g/mol. The number of aromatic nitrogens is 1. The average Bonchev–Trinajstić information content (AvgIpc) is 2.78. The first-order valence-electron chi connectivity index (χ1n) is 9.94. The number of aromatic amines is 1. The second-order valence-corrected chi connectivity index (χ2v) is 7.45. The van der Waals surface area contributed by atoms with Gasteiger partial charge in [-0.25, -0.2) is 4.39 Å². The van der Waals surface area contributed by atoms with Crippen molar-refractivity contribution in [3.05, 3.63) is 75.3 Å². The molecular weight excluding hydrogens is 401 g/mol. The summed E-state index contributed by atoms with van der Waals surface area (Å²) in [7, 11) is 1.50. The molecule has 3 aromatic rings. The van der Waals surface area contributed by atoms with Gasteiger partial charge in [0.2, 0.25) is 0 Å². The lowest BCUT2D eigenvalue weighted by molar-refractivity contribution is 0.0530. The van der Waals surface area contributed by atoms with E-state index in [9.17, 15) is 18.8 Å². The molecule has 8 heteroatoms. The summed E-state index contributed by atoms with van der Waals surface area (Å²) >= 11 is 0. The molecule has 1 aliphatic rings. The van der Waals surface area contributed by atoms with Crippen LogP contribution in [0.1, 0.15) is 26.4 Å². The number of rotatable bonds is 3. The van der Waals surface area contributed by atoms with Crippen molar-refractivity contribution in [2.45, 2.75) is 6.92 Å². The van der Waals surface area contributed by atoms with Gasteiger partial charge in [-0.1, -0.05) is 18.2 Å². The normalized spacial score (nSPS) is 14.0. The zero-order valence-corrected chi connectivity index (χ0v) is 17.3. The number of aryl methyl sites for hydroxylation is 1. The third-order valence-electron chi connectivity index (χ3n) is 5.57. The van der Waals surface area contributed by atoms with Crippen LogP contribution < -0.4 is 10.2 Å². The van der Waals surface area contributed by atoms with Gasteiger partial charge in [-0.05, 0) is 30.7 Å². The predicted molar refractivity (Wildman–Crippen MR) is 114 cm³/mol. The maximum absolute atomic E-state index is 13.9. The van der Waals surface area contributed by atoms with Gasteiger partial charge >= 0.3 is 0 Å². The highest BCUT2D eigenvalue weighted by atomic mass is 19.1. The minimum absolute atomic E-state index is 0.0172. The van der Waals surface area contributed by atoms with Crippen molar-refractivity contribution in [1.29, 1.82) is 0 Å². The standard InChI is InChI=1S/C23H22FN3O4/c1-14-7-8-19(31-2)21-20(14)18(28)13-17(25-21)23(30)27-11-9-26(10-12-27)22(29)15-5-3-4-6-16(15)24/h3-8,13H,9-12H2,1-2H3,(H,25,28). The molecule has 0 atom stereocenters. The number of pyridine rings is 1. The fourth-order valence-electron chi connectivity index (χ4n) is 3.88. The number of piperazine rings is 1. The number of carbonyl (C=O) groups is 2. The summed E-state index contributed by atoms with van der Waals surface area (Å²) in [6.45, 7) is 2.94. The van der Waals surface area contributed by atoms with Gasteiger partial charge in [-0.15, -0.1) is 0 Å². The third kappa shape index (κ3) is 3.76. The van der Waals surface area contributed by atoms with Crippen LogP contribution in [0.15, 0.2) is 47.3 Å². The van der Waals surface area contributed by atoms with Crippen LogP contribution in [0.25, 0.3) is 10.9 Å². The van der Waals surface area contributed by atoms with Gasteiger partial charge in [0.1, 0.15) is 17.3 Å². The van der Waals surface area contributed by atoms with E-state index in [0.717, 1.165) is 5.56 Å². The Morgan fingerprint density at radius 3 is 2.29 bits per heavy atom. The molecule has 0 saturated carbocycles. The number of hydrogen-bond donors (Lipinski definition) is 1. The molecule has 0 unspecified atom stereocenters. The van der Waals surface area contributed by atoms with E-state index in [1.165, 1.54) is 36.3 Å². The summed E-state index contributed by atoms with van der Waals surface area (Å²) in [6.07, 6.45) is 0. The van der Waals surface area contributed by atoms with E-state index in [2.05, 4.69) is 4.98 Å². The van der Waals surface area contributed by atoms with Gasteiger partial charge in [0.15, 0.2) is 5.43 Å². The summed E-state index contributed by atoms with van der Waals surface area (Å²) in [6, 6.07) is 10.7. The molecule has 1 saturated heterocycles.